The average molecular weight is 266 g/mol. The van der Waals surface area contributed by atoms with Gasteiger partial charge in [-0.2, -0.15) is 5.10 Å². The number of aryl methyl sites for hydroxylation is 2. The standard InChI is InChI=1S/C16H18N4/c1-11(15-10-20(3)19-12(15)2)18-16-6-4-5-13-7-8-17-9-14(13)16/h4-11,18H,1-3H3. The van der Waals surface area contributed by atoms with Gasteiger partial charge >= 0.3 is 0 Å². The largest absolute Gasteiger partial charge is 0.378 e. The van der Waals surface area contributed by atoms with Gasteiger partial charge in [0.1, 0.15) is 0 Å². The van der Waals surface area contributed by atoms with Crippen molar-refractivity contribution in [3.05, 3.63) is 54.1 Å². The predicted molar refractivity (Wildman–Crippen MR) is 81.7 cm³/mol. The Bertz CT molecular complexity index is 740. The first kappa shape index (κ1) is 12.7. The molecule has 0 bridgehead atoms. The predicted octanol–water partition coefficient (Wildman–Crippen LogP) is 3.45. The maximum absolute atomic E-state index is 4.40. The lowest BCUT2D eigenvalue weighted by Gasteiger charge is -2.16. The Morgan fingerprint density at radius 1 is 1.25 bits per heavy atom. The van der Waals surface area contributed by atoms with E-state index < -0.39 is 0 Å². The molecule has 0 saturated carbocycles. The molecule has 3 aromatic rings. The van der Waals surface area contributed by atoms with E-state index in [1.165, 1.54) is 10.9 Å². The fraction of sp³-hybridized carbons (Fsp3) is 0.250. The van der Waals surface area contributed by atoms with Crippen LogP contribution in [0.25, 0.3) is 10.8 Å². The number of hydrogen-bond donors (Lipinski definition) is 1. The van der Waals surface area contributed by atoms with Crippen LogP contribution < -0.4 is 5.32 Å². The summed E-state index contributed by atoms with van der Waals surface area (Å²) >= 11 is 0. The highest BCUT2D eigenvalue weighted by atomic mass is 15.3. The molecule has 0 saturated heterocycles. The fourth-order valence-electron chi connectivity index (χ4n) is 2.59. The summed E-state index contributed by atoms with van der Waals surface area (Å²) < 4.78 is 1.85. The lowest BCUT2D eigenvalue weighted by Crippen LogP contribution is -2.07. The fourth-order valence-corrected chi connectivity index (χ4v) is 2.59. The third-order valence-electron chi connectivity index (χ3n) is 3.57. The van der Waals surface area contributed by atoms with Crippen molar-refractivity contribution in [2.75, 3.05) is 5.32 Å². The summed E-state index contributed by atoms with van der Waals surface area (Å²) in [7, 11) is 1.95. The highest BCUT2D eigenvalue weighted by Gasteiger charge is 2.12. The Balaban J connectivity index is 1.95. The third kappa shape index (κ3) is 2.25. The first-order valence-electron chi connectivity index (χ1n) is 6.74. The van der Waals surface area contributed by atoms with Crippen molar-refractivity contribution < 1.29 is 0 Å². The molecule has 0 fully saturated rings. The van der Waals surface area contributed by atoms with E-state index in [-0.39, 0.29) is 6.04 Å². The van der Waals surface area contributed by atoms with Crippen LogP contribution in [0.15, 0.2) is 42.9 Å². The molecule has 1 unspecified atom stereocenters. The molecule has 2 heterocycles. The van der Waals surface area contributed by atoms with Gasteiger partial charge in [-0.15, -0.1) is 0 Å². The molecular formula is C16H18N4. The van der Waals surface area contributed by atoms with Crippen LogP contribution in [0.3, 0.4) is 0 Å². The van der Waals surface area contributed by atoms with Crippen LogP contribution >= 0.6 is 0 Å². The van der Waals surface area contributed by atoms with E-state index in [2.05, 4.69) is 46.7 Å². The van der Waals surface area contributed by atoms with E-state index in [0.717, 1.165) is 16.8 Å². The van der Waals surface area contributed by atoms with Crippen LogP contribution in [0.4, 0.5) is 5.69 Å². The molecule has 2 aromatic heterocycles. The second-order valence-electron chi connectivity index (χ2n) is 5.11. The summed E-state index contributed by atoms with van der Waals surface area (Å²) in [6.07, 6.45) is 5.79. The van der Waals surface area contributed by atoms with Gasteiger partial charge in [-0.05, 0) is 31.4 Å². The monoisotopic (exact) mass is 266 g/mol. The number of benzene rings is 1. The molecule has 0 aliphatic heterocycles. The molecule has 3 rings (SSSR count). The van der Waals surface area contributed by atoms with Crippen molar-refractivity contribution in [1.82, 2.24) is 14.8 Å². The molecule has 1 atom stereocenters. The summed E-state index contributed by atoms with van der Waals surface area (Å²) in [6.45, 7) is 4.19. The molecule has 20 heavy (non-hydrogen) atoms. The van der Waals surface area contributed by atoms with Gasteiger partial charge in [-0.25, -0.2) is 0 Å². The number of rotatable bonds is 3. The van der Waals surface area contributed by atoms with Crippen LogP contribution in [0.1, 0.15) is 24.2 Å². The Morgan fingerprint density at radius 3 is 2.85 bits per heavy atom. The molecule has 102 valence electrons. The van der Waals surface area contributed by atoms with E-state index in [4.69, 9.17) is 0 Å². The Labute approximate surface area is 118 Å². The van der Waals surface area contributed by atoms with E-state index in [1.807, 2.05) is 37.1 Å². The maximum Gasteiger partial charge on any atom is 0.0646 e. The SMILES string of the molecule is Cc1nn(C)cc1C(C)Nc1cccc2ccncc12. The lowest BCUT2D eigenvalue weighted by atomic mass is 10.1. The number of nitrogens with one attached hydrogen (secondary N) is 1. The quantitative estimate of drug-likeness (QED) is 0.789. The minimum atomic E-state index is 0.203. The molecule has 1 N–H and O–H groups in total. The van der Waals surface area contributed by atoms with Crippen LogP contribution in [0.5, 0.6) is 0 Å². The summed E-state index contributed by atoms with van der Waals surface area (Å²) in [6, 6.07) is 8.48. The van der Waals surface area contributed by atoms with Crippen molar-refractivity contribution >= 4 is 16.5 Å². The molecule has 0 amide bonds. The number of nitrogens with zero attached hydrogens (tertiary/aromatic N) is 3. The second-order valence-corrected chi connectivity index (χ2v) is 5.11. The van der Waals surface area contributed by atoms with Crippen LogP contribution in [0.2, 0.25) is 0 Å². The van der Waals surface area contributed by atoms with E-state index >= 15 is 0 Å². The van der Waals surface area contributed by atoms with Crippen molar-refractivity contribution in [2.24, 2.45) is 7.05 Å². The lowest BCUT2D eigenvalue weighted by molar-refractivity contribution is 0.756. The molecule has 4 nitrogen and oxygen atoms in total. The van der Waals surface area contributed by atoms with Gasteiger partial charge < -0.3 is 5.32 Å². The Kier molecular flexibility index (Phi) is 3.14. The molecule has 4 heteroatoms. The third-order valence-corrected chi connectivity index (χ3v) is 3.57. The van der Waals surface area contributed by atoms with Crippen molar-refractivity contribution in [3.8, 4) is 0 Å². The van der Waals surface area contributed by atoms with E-state index in [1.54, 1.807) is 0 Å². The van der Waals surface area contributed by atoms with Crippen LogP contribution in [-0.4, -0.2) is 14.8 Å². The number of aromatic nitrogens is 3. The van der Waals surface area contributed by atoms with Crippen molar-refractivity contribution in [1.29, 1.82) is 0 Å². The minimum absolute atomic E-state index is 0.203. The number of anilines is 1. The first-order chi connectivity index (χ1) is 9.65. The molecule has 0 radical (unpaired) electrons. The van der Waals surface area contributed by atoms with Gasteiger partial charge in [-0.1, -0.05) is 12.1 Å². The summed E-state index contributed by atoms with van der Waals surface area (Å²) in [4.78, 5) is 4.22. The van der Waals surface area contributed by atoms with Crippen LogP contribution in [0, 0.1) is 6.92 Å². The van der Waals surface area contributed by atoms with Gasteiger partial charge in [0.25, 0.3) is 0 Å². The summed E-state index contributed by atoms with van der Waals surface area (Å²) in [5, 5.41) is 10.3. The first-order valence-corrected chi connectivity index (χ1v) is 6.74. The molecule has 0 aliphatic rings. The molecular weight excluding hydrogens is 248 g/mol. The number of fused-ring (bicyclic) bond motifs is 1. The van der Waals surface area contributed by atoms with E-state index in [0.29, 0.717) is 0 Å². The second kappa shape index (κ2) is 4.96. The van der Waals surface area contributed by atoms with Gasteiger partial charge in [0.2, 0.25) is 0 Å². The number of hydrogen-bond acceptors (Lipinski definition) is 3. The zero-order valence-electron chi connectivity index (χ0n) is 12.0. The van der Waals surface area contributed by atoms with Gasteiger partial charge in [0, 0.05) is 42.3 Å². The minimum Gasteiger partial charge on any atom is -0.378 e. The summed E-state index contributed by atoms with van der Waals surface area (Å²) in [5.74, 6) is 0. The van der Waals surface area contributed by atoms with Crippen LogP contribution in [-0.2, 0) is 7.05 Å². The number of pyridine rings is 1. The van der Waals surface area contributed by atoms with Crippen molar-refractivity contribution in [2.45, 2.75) is 19.9 Å². The zero-order chi connectivity index (χ0) is 14.1. The normalized spacial score (nSPS) is 12.6. The maximum atomic E-state index is 4.40. The molecule has 0 spiro atoms. The van der Waals surface area contributed by atoms with Gasteiger partial charge in [0.15, 0.2) is 0 Å². The highest BCUT2D eigenvalue weighted by molar-refractivity contribution is 5.93. The average Bonchev–Trinajstić information content (AvgIpc) is 2.78. The van der Waals surface area contributed by atoms with Gasteiger partial charge in [0.05, 0.1) is 11.7 Å². The van der Waals surface area contributed by atoms with E-state index in [9.17, 15) is 0 Å². The smallest absolute Gasteiger partial charge is 0.0646 e. The highest BCUT2D eigenvalue weighted by Crippen LogP contribution is 2.27. The molecule has 0 aliphatic carbocycles. The topological polar surface area (TPSA) is 42.7 Å². The zero-order valence-corrected chi connectivity index (χ0v) is 12.0. The van der Waals surface area contributed by atoms with Gasteiger partial charge in [-0.3, -0.25) is 9.67 Å². The molecule has 1 aromatic carbocycles. The summed E-state index contributed by atoms with van der Waals surface area (Å²) in [5.41, 5.74) is 3.38. The Morgan fingerprint density at radius 2 is 2.10 bits per heavy atom. The Hall–Kier alpha value is -2.36. The van der Waals surface area contributed by atoms with Crippen molar-refractivity contribution in [3.63, 3.8) is 0 Å².